The van der Waals surface area contributed by atoms with Crippen molar-refractivity contribution in [2.45, 2.75) is 39.7 Å². The summed E-state index contributed by atoms with van der Waals surface area (Å²) in [6, 6.07) is 9.35. The highest BCUT2D eigenvalue weighted by Gasteiger charge is 2.17. The zero-order valence-electron chi connectivity index (χ0n) is 19.9. The van der Waals surface area contributed by atoms with E-state index in [0.717, 1.165) is 0 Å². The van der Waals surface area contributed by atoms with Crippen LogP contribution in [0.15, 0.2) is 55.0 Å². The predicted octanol–water partition coefficient (Wildman–Crippen LogP) is 4.71. The van der Waals surface area contributed by atoms with Crippen LogP contribution in [0.1, 0.15) is 42.3 Å². The van der Waals surface area contributed by atoms with Crippen molar-refractivity contribution in [3.8, 4) is 11.5 Å². The third kappa shape index (κ3) is 5.29. The molecule has 2 aromatic heterocycles. The summed E-state index contributed by atoms with van der Waals surface area (Å²) in [4.78, 5) is 28.3. The molecule has 35 heavy (non-hydrogen) atoms. The van der Waals surface area contributed by atoms with Gasteiger partial charge in [-0.15, -0.1) is 0 Å². The fourth-order valence-corrected chi connectivity index (χ4v) is 3.65. The van der Waals surface area contributed by atoms with Gasteiger partial charge in [-0.25, -0.2) is 4.39 Å². The second-order valence-corrected chi connectivity index (χ2v) is 9.30. The highest BCUT2D eigenvalue weighted by atomic mass is 19.1. The first-order valence-corrected chi connectivity index (χ1v) is 11.0. The maximum atomic E-state index is 15.1. The molecule has 0 radical (unpaired) electrons. The summed E-state index contributed by atoms with van der Waals surface area (Å²) in [6.07, 6.45) is 4.85. The number of nitrogens with one attached hydrogen (secondary N) is 1. The van der Waals surface area contributed by atoms with Gasteiger partial charge in [-0.05, 0) is 69.2 Å². The van der Waals surface area contributed by atoms with E-state index in [1.165, 1.54) is 12.3 Å². The number of aromatic nitrogens is 3. The molecule has 9 heteroatoms. The van der Waals surface area contributed by atoms with E-state index in [1.54, 1.807) is 54.3 Å². The van der Waals surface area contributed by atoms with E-state index in [9.17, 15) is 9.59 Å². The first-order valence-electron chi connectivity index (χ1n) is 11.0. The molecule has 180 valence electrons. The van der Waals surface area contributed by atoms with Crippen LogP contribution in [0.4, 0.5) is 10.1 Å². The van der Waals surface area contributed by atoms with Crippen LogP contribution in [-0.2, 0) is 16.8 Å². The van der Waals surface area contributed by atoms with Crippen LogP contribution < -0.4 is 15.8 Å². The molecule has 0 bridgehead atoms. The Balaban J connectivity index is 1.53. The summed E-state index contributed by atoms with van der Waals surface area (Å²) in [5.74, 6) is -1.12. The van der Waals surface area contributed by atoms with E-state index < -0.39 is 11.7 Å². The number of primary amides is 1. The van der Waals surface area contributed by atoms with Crippen molar-refractivity contribution in [1.82, 2.24) is 14.8 Å². The Morgan fingerprint density at radius 1 is 1.17 bits per heavy atom. The van der Waals surface area contributed by atoms with Crippen LogP contribution in [-0.4, -0.2) is 26.6 Å². The second kappa shape index (κ2) is 9.17. The lowest BCUT2D eigenvalue weighted by Crippen LogP contribution is -2.22. The maximum absolute atomic E-state index is 15.1. The number of amides is 2. The Kier molecular flexibility index (Phi) is 6.26. The lowest BCUT2D eigenvalue weighted by molar-refractivity contribution is -0.115. The van der Waals surface area contributed by atoms with Gasteiger partial charge in [0.05, 0.1) is 29.4 Å². The average Bonchev–Trinajstić information content (AvgIpc) is 3.25. The van der Waals surface area contributed by atoms with E-state index >= 15 is 4.39 Å². The molecule has 0 unspecified atom stereocenters. The first kappa shape index (κ1) is 23.9. The molecule has 0 saturated heterocycles. The molecular weight excluding hydrogens is 449 g/mol. The topological polar surface area (TPSA) is 112 Å². The molecule has 4 aromatic rings. The van der Waals surface area contributed by atoms with E-state index in [1.807, 2.05) is 20.8 Å². The monoisotopic (exact) mass is 475 g/mol. The molecule has 2 amide bonds. The van der Waals surface area contributed by atoms with Crippen molar-refractivity contribution in [1.29, 1.82) is 0 Å². The van der Waals surface area contributed by atoms with E-state index in [-0.39, 0.29) is 23.6 Å². The molecule has 0 fully saturated rings. The van der Waals surface area contributed by atoms with Gasteiger partial charge in [0.2, 0.25) is 11.8 Å². The van der Waals surface area contributed by atoms with Gasteiger partial charge in [-0.3, -0.25) is 19.3 Å². The number of carbonyl (C=O) groups excluding carboxylic acids is 2. The number of ether oxygens (including phenoxy) is 1. The summed E-state index contributed by atoms with van der Waals surface area (Å²) >= 11 is 0. The largest absolute Gasteiger partial charge is 0.453 e. The Morgan fingerprint density at radius 3 is 2.60 bits per heavy atom. The van der Waals surface area contributed by atoms with Gasteiger partial charge in [-0.1, -0.05) is 6.07 Å². The zero-order chi connectivity index (χ0) is 25.3. The van der Waals surface area contributed by atoms with Crippen molar-refractivity contribution in [3.05, 3.63) is 77.5 Å². The van der Waals surface area contributed by atoms with Gasteiger partial charge in [0, 0.05) is 23.3 Å². The maximum Gasteiger partial charge on any atom is 0.248 e. The Morgan fingerprint density at radius 2 is 1.94 bits per heavy atom. The number of halogens is 1. The van der Waals surface area contributed by atoms with Crippen LogP contribution in [0.2, 0.25) is 0 Å². The van der Waals surface area contributed by atoms with Crippen LogP contribution in [0.3, 0.4) is 0 Å². The standard InChI is InChI=1S/C26H26FN5O3/c1-15-9-16(11-23(33)31-18-13-30-32(14-18)26(2,3)4)10-20(27)24(15)35-22-7-8-29-21-6-5-17(25(28)34)12-19(21)22/h5-10,12-14H,11H2,1-4H3,(H2,28,34)(H,31,33). The smallest absolute Gasteiger partial charge is 0.248 e. The normalized spacial score (nSPS) is 11.5. The van der Waals surface area contributed by atoms with E-state index in [0.29, 0.717) is 39.0 Å². The number of hydrogen-bond donors (Lipinski definition) is 2. The quantitative estimate of drug-likeness (QED) is 0.420. The van der Waals surface area contributed by atoms with Crippen molar-refractivity contribution < 1.29 is 18.7 Å². The van der Waals surface area contributed by atoms with Crippen molar-refractivity contribution in [3.63, 3.8) is 0 Å². The van der Waals surface area contributed by atoms with Gasteiger partial charge < -0.3 is 15.8 Å². The number of pyridine rings is 1. The third-order valence-corrected chi connectivity index (χ3v) is 5.41. The minimum Gasteiger partial charge on any atom is -0.453 e. The molecule has 0 aliphatic rings. The summed E-state index contributed by atoms with van der Waals surface area (Å²) in [5.41, 5.74) is 7.64. The number of benzene rings is 2. The number of nitrogens with zero attached hydrogens (tertiary/aromatic N) is 3. The summed E-state index contributed by atoms with van der Waals surface area (Å²) < 4.78 is 22.7. The molecule has 3 N–H and O–H groups in total. The summed E-state index contributed by atoms with van der Waals surface area (Å²) in [5, 5.41) is 7.58. The number of rotatable bonds is 6. The van der Waals surface area contributed by atoms with Gasteiger partial charge >= 0.3 is 0 Å². The summed E-state index contributed by atoms with van der Waals surface area (Å²) in [7, 11) is 0. The Labute approximate surface area is 201 Å². The number of fused-ring (bicyclic) bond motifs is 1. The van der Waals surface area contributed by atoms with E-state index in [4.69, 9.17) is 10.5 Å². The predicted molar refractivity (Wildman–Crippen MR) is 131 cm³/mol. The SMILES string of the molecule is Cc1cc(CC(=O)Nc2cnn(C(C)(C)C)c2)cc(F)c1Oc1ccnc2ccc(C(N)=O)cc12. The molecule has 2 heterocycles. The number of hydrogen-bond acceptors (Lipinski definition) is 5. The fourth-order valence-electron chi connectivity index (χ4n) is 3.65. The lowest BCUT2D eigenvalue weighted by Gasteiger charge is -2.18. The molecule has 0 aliphatic heterocycles. The minimum absolute atomic E-state index is 0.0150. The molecule has 0 spiro atoms. The highest BCUT2D eigenvalue weighted by molar-refractivity contribution is 5.98. The number of carbonyl (C=O) groups is 2. The summed E-state index contributed by atoms with van der Waals surface area (Å²) in [6.45, 7) is 7.72. The highest BCUT2D eigenvalue weighted by Crippen LogP contribution is 2.33. The number of nitrogens with two attached hydrogens (primary N) is 1. The van der Waals surface area contributed by atoms with Gasteiger partial charge in [-0.2, -0.15) is 5.10 Å². The molecular formula is C26H26FN5O3. The number of aryl methyl sites for hydroxylation is 1. The van der Waals surface area contributed by atoms with Crippen LogP contribution in [0.5, 0.6) is 11.5 Å². The lowest BCUT2D eigenvalue weighted by atomic mass is 10.1. The van der Waals surface area contributed by atoms with Gasteiger partial charge in [0.25, 0.3) is 0 Å². The molecule has 4 rings (SSSR count). The Bertz CT molecular complexity index is 1420. The van der Waals surface area contributed by atoms with Crippen molar-refractivity contribution in [2.24, 2.45) is 5.73 Å². The molecule has 0 aliphatic carbocycles. The molecule has 0 saturated carbocycles. The zero-order valence-corrected chi connectivity index (χ0v) is 19.9. The average molecular weight is 476 g/mol. The minimum atomic E-state index is -0.607. The third-order valence-electron chi connectivity index (χ3n) is 5.41. The van der Waals surface area contributed by atoms with Crippen molar-refractivity contribution >= 4 is 28.4 Å². The van der Waals surface area contributed by atoms with Gasteiger partial charge in [0.15, 0.2) is 11.6 Å². The van der Waals surface area contributed by atoms with Crippen LogP contribution >= 0.6 is 0 Å². The van der Waals surface area contributed by atoms with Gasteiger partial charge in [0.1, 0.15) is 5.75 Å². The first-order chi connectivity index (χ1) is 16.5. The van der Waals surface area contributed by atoms with Crippen LogP contribution in [0.25, 0.3) is 10.9 Å². The van der Waals surface area contributed by atoms with E-state index in [2.05, 4.69) is 15.4 Å². The molecule has 0 atom stereocenters. The fraction of sp³-hybridized carbons (Fsp3) is 0.231. The second-order valence-electron chi connectivity index (χ2n) is 9.30. The van der Waals surface area contributed by atoms with Crippen molar-refractivity contribution in [2.75, 3.05) is 5.32 Å². The Hall–Kier alpha value is -4.27. The number of anilines is 1. The molecule has 2 aromatic carbocycles. The molecule has 8 nitrogen and oxygen atoms in total. The van der Waals surface area contributed by atoms with Crippen LogP contribution in [0, 0.1) is 12.7 Å².